The van der Waals surface area contributed by atoms with Crippen LogP contribution in [0.5, 0.6) is 0 Å². The van der Waals surface area contributed by atoms with E-state index in [0.29, 0.717) is 0 Å². The summed E-state index contributed by atoms with van der Waals surface area (Å²) in [5.41, 5.74) is 0. The highest BCUT2D eigenvalue weighted by molar-refractivity contribution is 7.80. The summed E-state index contributed by atoms with van der Waals surface area (Å²) in [7, 11) is 1.62. The van der Waals surface area contributed by atoms with Crippen molar-refractivity contribution in [3.05, 3.63) is 33.7 Å². The summed E-state index contributed by atoms with van der Waals surface area (Å²) in [6.45, 7) is 0. The fraction of sp³-hybridized carbons (Fsp3) is 0.111. The fourth-order valence-electron chi connectivity index (χ4n) is 0.799. The monoisotopic (exact) mass is 210 g/mol. The molecule has 0 unspecified atom stereocenters. The van der Waals surface area contributed by atoms with Gasteiger partial charge < -0.3 is 5.32 Å². The number of halogens is 1. The van der Waals surface area contributed by atoms with Gasteiger partial charge in [0, 0.05) is 17.3 Å². The van der Waals surface area contributed by atoms with Crippen molar-refractivity contribution in [1.82, 2.24) is 5.32 Å². The Bertz CT molecular complexity index is 461. The lowest BCUT2D eigenvalue weighted by atomic mass is 10.1. The molecule has 0 fully saturated rings. The van der Waals surface area contributed by atoms with Crippen LogP contribution in [0.15, 0.2) is 18.2 Å². The fourth-order valence-corrected chi connectivity index (χ4v) is 1.09. The van der Waals surface area contributed by atoms with Gasteiger partial charge in [0.15, 0.2) is 4.99 Å². The molecule has 0 aliphatic heterocycles. The molecule has 0 aromatic rings. The second-order valence-corrected chi connectivity index (χ2v) is 3.20. The van der Waals surface area contributed by atoms with Crippen LogP contribution in [0.1, 0.15) is 0 Å². The van der Waals surface area contributed by atoms with Gasteiger partial charge in [-0.15, -0.1) is 0 Å². The van der Waals surface area contributed by atoms with Crippen molar-refractivity contribution in [1.29, 1.82) is 5.26 Å². The Morgan fingerprint density at radius 2 is 2.31 bits per heavy atom. The third kappa shape index (κ3) is 2.18. The third-order valence-electron chi connectivity index (χ3n) is 1.61. The standard InChI is InChI=1S/C6H3Cl.C3H4N2S/c7-6-3-4-1-2-5(4)6;1-5-3(6)2-4/h1-3H;1H3,(H,5,6). The predicted molar refractivity (Wildman–Crippen MR) is 56.4 cm³/mol. The van der Waals surface area contributed by atoms with Crippen LogP contribution < -0.4 is 5.32 Å². The van der Waals surface area contributed by atoms with Crippen LogP contribution in [0.2, 0.25) is 5.02 Å². The molecule has 0 aromatic carbocycles. The topological polar surface area (TPSA) is 35.8 Å². The van der Waals surface area contributed by atoms with E-state index in [1.165, 1.54) is 10.4 Å². The highest BCUT2D eigenvalue weighted by Crippen LogP contribution is 2.20. The van der Waals surface area contributed by atoms with E-state index in [9.17, 15) is 0 Å². The Kier molecular flexibility index (Phi) is 3.24. The molecule has 0 atom stereocenters. The molecule has 66 valence electrons. The second-order valence-electron chi connectivity index (χ2n) is 2.39. The Labute approximate surface area is 86.4 Å². The van der Waals surface area contributed by atoms with Crippen molar-refractivity contribution < 1.29 is 0 Å². The first-order valence-corrected chi connectivity index (χ1v) is 4.39. The average Bonchev–Trinajstić information content (AvgIpc) is 2.13. The number of nitrogens with zero attached hydrogens (tertiary/aromatic N) is 1. The quantitative estimate of drug-likeness (QED) is 0.676. The molecule has 0 heterocycles. The predicted octanol–water partition coefficient (Wildman–Crippen LogP) is 2.00. The van der Waals surface area contributed by atoms with Gasteiger partial charge in [-0.2, -0.15) is 5.26 Å². The SMILES string of the molecule is CNC(=S)C#N.Clc1cc2ccc1=2. The minimum Gasteiger partial charge on any atom is -0.371 e. The van der Waals surface area contributed by atoms with Gasteiger partial charge in [0.1, 0.15) is 6.07 Å². The molecule has 0 aromatic heterocycles. The number of hydrogen-bond donors (Lipinski definition) is 1. The van der Waals surface area contributed by atoms with Gasteiger partial charge >= 0.3 is 0 Å². The van der Waals surface area contributed by atoms with Crippen LogP contribution in [-0.4, -0.2) is 12.0 Å². The molecule has 4 heteroatoms. The van der Waals surface area contributed by atoms with E-state index >= 15 is 0 Å². The minimum absolute atomic E-state index is 0.231. The largest absolute Gasteiger partial charge is 0.371 e. The number of nitriles is 1. The summed E-state index contributed by atoms with van der Waals surface area (Å²) in [6.07, 6.45) is 0. The molecule has 0 bridgehead atoms. The molecule has 2 rings (SSSR count). The summed E-state index contributed by atoms with van der Waals surface area (Å²) in [4.78, 5) is 0.231. The van der Waals surface area contributed by atoms with Crippen molar-refractivity contribution in [2.24, 2.45) is 0 Å². The Balaban J connectivity index is 0.000000133. The number of hydrogen-bond acceptors (Lipinski definition) is 2. The van der Waals surface area contributed by atoms with Crippen LogP contribution in [0.3, 0.4) is 0 Å². The molecule has 0 amide bonds. The van der Waals surface area contributed by atoms with Gasteiger partial charge in [-0.1, -0.05) is 23.7 Å². The Hall–Kier alpha value is -1.11. The molecule has 2 aliphatic rings. The van der Waals surface area contributed by atoms with E-state index in [1.54, 1.807) is 13.1 Å². The minimum atomic E-state index is 0.231. The van der Waals surface area contributed by atoms with E-state index in [0.717, 1.165) is 5.02 Å². The van der Waals surface area contributed by atoms with Crippen LogP contribution in [-0.2, 0) is 0 Å². The molecular formula is C9H7ClN2S. The zero-order valence-electron chi connectivity index (χ0n) is 6.97. The lowest BCUT2D eigenvalue weighted by Crippen LogP contribution is -2.11. The summed E-state index contributed by atoms with van der Waals surface area (Å²) in [5.74, 6) is 0. The molecule has 0 radical (unpaired) electrons. The lowest BCUT2D eigenvalue weighted by molar-refractivity contribution is 1.21. The number of thiocarbonyl (C=S) groups is 1. The van der Waals surface area contributed by atoms with Crippen molar-refractivity contribution in [3.8, 4) is 6.07 Å². The van der Waals surface area contributed by atoms with Crippen molar-refractivity contribution >= 4 is 28.8 Å². The van der Waals surface area contributed by atoms with E-state index in [-0.39, 0.29) is 4.99 Å². The molecule has 0 saturated heterocycles. The van der Waals surface area contributed by atoms with E-state index in [2.05, 4.69) is 23.6 Å². The van der Waals surface area contributed by atoms with Gasteiger partial charge in [-0.25, -0.2) is 0 Å². The first-order valence-electron chi connectivity index (χ1n) is 3.60. The molecule has 13 heavy (non-hydrogen) atoms. The van der Waals surface area contributed by atoms with Gasteiger partial charge in [-0.3, -0.25) is 0 Å². The highest BCUT2D eigenvalue weighted by Gasteiger charge is 1.99. The van der Waals surface area contributed by atoms with E-state index in [4.69, 9.17) is 16.9 Å². The Morgan fingerprint density at radius 1 is 1.62 bits per heavy atom. The maximum Gasteiger partial charge on any atom is 0.178 e. The number of benzene rings is 1. The summed E-state index contributed by atoms with van der Waals surface area (Å²) in [6, 6.07) is 7.79. The van der Waals surface area contributed by atoms with Crippen molar-refractivity contribution in [2.75, 3.05) is 7.05 Å². The average molecular weight is 211 g/mol. The maximum absolute atomic E-state index is 7.88. The van der Waals surface area contributed by atoms with Crippen molar-refractivity contribution in [3.63, 3.8) is 0 Å². The molecule has 0 saturated carbocycles. The first-order chi connectivity index (χ1) is 6.19. The normalized spacial score (nSPS) is 9.00. The zero-order chi connectivity index (χ0) is 9.84. The molecular weight excluding hydrogens is 204 g/mol. The van der Waals surface area contributed by atoms with E-state index < -0.39 is 0 Å². The molecule has 2 nitrogen and oxygen atoms in total. The van der Waals surface area contributed by atoms with Gasteiger partial charge in [0.2, 0.25) is 0 Å². The maximum atomic E-state index is 7.88. The summed E-state index contributed by atoms with van der Waals surface area (Å²) in [5, 5.41) is 13.8. The van der Waals surface area contributed by atoms with Crippen LogP contribution in [0.4, 0.5) is 0 Å². The molecule has 1 N–H and O–H groups in total. The highest BCUT2D eigenvalue weighted by atomic mass is 35.5. The zero-order valence-corrected chi connectivity index (χ0v) is 8.54. The van der Waals surface area contributed by atoms with E-state index in [1.807, 2.05) is 12.1 Å². The first kappa shape index (κ1) is 9.97. The van der Waals surface area contributed by atoms with Gasteiger partial charge in [0.05, 0.1) is 0 Å². The second kappa shape index (κ2) is 4.22. The summed E-state index contributed by atoms with van der Waals surface area (Å²) < 4.78 is 0. The van der Waals surface area contributed by atoms with Gasteiger partial charge in [0.25, 0.3) is 0 Å². The van der Waals surface area contributed by atoms with Crippen LogP contribution >= 0.6 is 23.8 Å². The van der Waals surface area contributed by atoms with Crippen molar-refractivity contribution in [2.45, 2.75) is 0 Å². The summed E-state index contributed by atoms with van der Waals surface area (Å²) >= 11 is 9.98. The Morgan fingerprint density at radius 3 is 2.31 bits per heavy atom. The van der Waals surface area contributed by atoms with Crippen LogP contribution in [0, 0.1) is 21.8 Å². The lowest BCUT2D eigenvalue weighted by Gasteiger charge is -2.01. The van der Waals surface area contributed by atoms with Crippen LogP contribution in [0.25, 0.3) is 0 Å². The third-order valence-corrected chi connectivity index (χ3v) is 2.22. The number of nitrogens with one attached hydrogen (secondary N) is 1. The molecule has 2 aliphatic carbocycles. The number of rotatable bonds is 0. The smallest absolute Gasteiger partial charge is 0.178 e. The molecule has 0 spiro atoms. The van der Waals surface area contributed by atoms with Gasteiger partial charge in [-0.05, 0) is 23.5 Å².